The first-order valence-electron chi connectivity index (χ1n) is 10.5. The Morgan fingerprint density at radius 1 is 1.03 bits per heavy atom. The van der Waals surface area contributed by atoms with Crippen molar-refractivity contribution in [2.24, 2.45) is 0 Å². The lowest BCUT2D eigenvalue weighted by atomic mass is 9.95. The summed E-state index contributed by atoms with van der Waals surface area (Å²) in [4.78, 5) is 35.1. The summed E-state index contributed by atoms with van der Waals surface area (Å²) in [6.45, 7) is 2.05. The summed E-state index contributed by atoms with van der Waals surface area (Å²) in [7, 11) is 0. The molecule has 1 saturated heterocycles. The molecule has 1 atom stereocenters. The highest BCUT2D eigenvalue weighted by Gasteiger charge is 2.47. The van der Waals surface area contributed by atoms with Gasteiger partial charge in [-0.1, -0.05) is 37.3 Å². The van der Waals surface area contributed by atoms with E-state index in [0.717, 1.165) is 22.9 Å². The van der Waals surface area contributed by atoms with E-state index in [1.165, 1.54) is 4.90 Å². The zero-order valence-corrected chi connectivity index (χ0v) is 17.4. The number of aromatic nitrogens is 2. The molecule has 1 amide bonds. The van der Waals surface area contributed by atoms with Gasteiger partial charge in [0.15, 0.2) is 0 Å². The van der Waals surface area contributed by atoms with E-state index in [9.17, 15) is 14.7 Å². The third-order valence-corrected chi connectivity index (χ3v) is 5.93. The van der Waals surface area contributed by atoms with E-state index in [-0.39, 0.29) is 11.3 Å². The Labute approximate surface area is 184 Å². The summed E-state index contributed by atoms with van der Waals surface area (Å²) in [6, 6.07) is 17.8. The average Bonchev–Trinajstić information content (AvgIpc) is 3.38. The molecule has 1 unspecified atom stereocenters. The number of hydrogen-bond acceptors (Lipinski definition) is 4. The molecule has 1 aliphatic heterocycles. The number of rotatable bonds is 4. The topological polar surface area (TPSA) is 86.3 Å². The van der Waals surface area contributed by atoms with Gasteiger partial charge in [0.05, 0.1) is 11.6 Å². The second-order valence-electron chi connectivity index (χ2n) is 7.72. The first-order valence-corrected chi connectivity index (χ1v) is 10.5. The molecule has 0 aliphatic carbocycles. The molecule has 2 N–H and O–H groups in total. The van der Waals surface area contributed by atoms with E-state index in [4.69, 9.17) is 0 Å². The van der Waals surface area contributed by atoms with Crippen LogP contribution in [0.2, 0.25) is 0 Å². The quantitative estimate of drug-likeness (QED) is 0.282. The fraction of sp³-hybridized carbons (Fsp3) is 0.115. The molecule has 6 heteroatoms. The Morgan fingerprint density at radius 3 is 2.47 bits per heavy atom. The number of Topliss-reactive ketones (excluding diaryl/α,β-unsaturated/α-hetero) is 1. The molecule has 1 fully saturated rings. The van der Waals surface area contributed by atoms with Gasteiger partial charge in [-0.25, -0.2) is 0 Å². The average molecular weight is 423 g/mol. The summed E-state index contributed by atoms with van der Waals surface area (Å²) in [5, 5.41) is 12.1. The minimum Gasteiger partial charge on any atom is -0.507 e. The number of ketones is 1. The van der Waals surface area contributed by atoms with Crippen LogP contribution in [0.1, 0.15) is 29.7 Å². The summed E-state index contributed by atoms with van der Waals surface area (Å²) in [5.74, 6) is -1.58. The van der Waals surface area contributed by atoms with Gasteiger partial charge in [-0.15, -0.1) is 0 Å². The van der Waals surface area contributed by atoms with Crippen LogP contribution in [0.25, 0.3) is 16.7 Å². The number of aromatic amines is 1. The summed E-state index contributed by atoms with van der Waals surface area (Å²) < 4.78 is 0. The van der Waals surface area contributed by atoms with Gasteiger partial charge in [0.25, 0.3) is 11.7 Å². The fourth-order valence-corrected chi connectivity index (χ4v) is 4.26. The predicted octanol–water partition coefficient (Wildman–Crippen LogP) is 4.75. The van der Waals surface area contributed by atoms with Crippen molar-refractivity contribution in [1.82, 2.24) is 9.97 Å². The zero-order chi connectivity index (χ0) is 22.2. The van der Waals surface area contributed by atoms with Crippen LogP contribution in [-0.2, 0) is 16.0 Å². The minimum absolute atomic E-state index is 0.0607. The standard InChI is InChI=1S/C26H21N3O3/c1-2-16-7-9-18(10-8-16)29-23(17-11-13-27-14-12-17)22(25(31)26(29)32)24(30)20-15-28-21-6-4-3-5-19(20)21/h3-15,23,28,30H,2H2,1H3/b24-22-. The highest BCUT2D eigenvalue weighted by molar-refractivity contribution is 6.51. The predicted molar refractivity (Wildman–Crippen MR) is 123 cm³/mol. The first kappa shape index (κ1) is 19.8. The molecular weight excluding hydrogens is 402 g/mol. The lowest BCUT2D eigenvalue weighted by molar-refractivity contribution is -0.132. The molecule has 2 aromatic heterocycles. The number of amides is 1. The van der Waals surface area contributed by atoms with E-state index in [0.29, 0.717) is 16.8 Å². The lowest BCUT2D eigenvalue weighted by Gasteiger charge is -2.25. The Morgan fingerprint density at radius 2 is 1.75 bits per heavy atom. The third kappa shape index (κ3) is 3.08. The molecule has 0 saturated carbocycles. The van der Waals surface area contributed by atoms with Gasteiger partial charge in [-0.3, -0.25) is 19.5 Å². The van der Waals surface area contributed by atoms with Crippen molar-refractivity contribution in [1.29, 1.82) is 0 Å². The molecule has 32 heavy (non-hydrogen) atoms. The van der Waals surface area contributed by atoms with Crippen LogP contribution in [0, 0.1) is 0 Å². The van der Waals surface area contributed by atoms with E-state index >= 15 is 0 Å². The van der Waals surface area contributed by atoms with Crippen LogP contribution in [0.3, 0.4) is 0 Å². The van der Waals surface area contributed by atoms with Gasteiger partial charge in [0.2, 0.25) is 0 Å². The molecule has 4 aromatic rings. The van der Waals surface area contributed by atoms with E-state index in [2.05, 4.69) is 16.9 Å². The number of aryl methyl sites for hydroxylation is 1. The maximum atomic E-state index is 13.2. The number of H-pyrrole nitrogens is 1. The molecule has 5 rings (SSSR count). The third-order valence-electron chi connectivity index (χ3n) is 5.93. The van der Waals surface area contributed by atoms with Crippen LogP contribution >= 0.6 is 0 Å². The Bertz CT molecular complexity index is 1350. The summed E-state index contributed by atoms with van der Waals surface area (Å²) >= 11 is 0. The molecular formula is C26H21N3O3. The first-order chi connectivity index (χ1) is 15.6. The number of anilines is 1. The second kappa shape index (κ2) is 7.81. The van der Waals surface area contributed by atoms with Gasteiger partial charge in [0.1, 0.15) is 5.76 Å². The van der Waals surface area contributed by atoms with Crippen molar-refractivity contribution in [3.8, 4) is 0 Å². The number of fused-ring (bicyclic) bond motifs is 1. The van der Waals surface area contributed by atoms with Gasteiger partial charge in [-0.2, -0.15) is 0 Å². The number of carbonyl (C=O) groups excluding carboxylic acids is 2. The molecule has 0 bridgehead atoms. The fourth-order valence-electron chi connectivity index (χ4n) is 4.26. The van der Waals surface area contributed by atoms with E-state index in [1.807, 2.05) is 48.5 Å². The summed E-state index contributed by atoms with van der Waals surface area (Å²) in [6.07, 6.45) is 5.75. The highest BCUT2D eigenvalue weighted by atomic mass is 16.3. The molecule has 0 radical (unpaired) electrons. The van der Waals surface area contributed by atoms with Crippen LogP contribution < -0.4 is 4.90 Å². The van der Waals surface area contributed by atoms with Gasteiger partial charge in [-0.05, 0) is 47.9 Å². The number of aliphatic hydroxyl groups excluding tert-OH is 1. The Balaban J connectivity index is 1.73. The molecule has 2 aromatic carbocycles. The molecule has 158 valence electrons. The van der Waals surface area contributed by atoms with Crippen molar-refractivity contribution in [3.05, 3.63) is 102 Å². The lowest BCUT2D eigenvalue weighted by Crippen LogP contribution is -2.29. The number of pyridine rings is 1. The normalized spacial score (nSPS) is 17.9. The number of hydrogen-bond donors (Lipinski definition) is 2. The maximum absolute atomic E-state index is 13.2. The van der Waals surface area contributed by atoms with Crippen LogP contribution in [-0.4, -0.2) is 26.8 Å². The Kier molecular flexibility index (Phi) is 4.82. The Hall–Kier alpha value is -4.19. The van der Waals surface area contributed by atoms with Crippen molar-refractivity contribution in [3.63, 3.8) is 0 Å². The molecule has 6 nitrogen and oxygen atoms in total. The maximum Gasteiger partial charge on any atom is 0.300 e. The van der Waals surface area contributed by atoms with Crippen LogP contribution in [0.4, 0.5) is 5.69 Å². The van der Waals surface area contributed by atoms with Gasteiger partial charge < -0.3 is 10.1 Å². The number of aliphatic hydroxyl groups is 1. The van der Waals surface area contributed by atoms with Crippen LogP contribution in [0.5, 0.6) is 0 Å². The second-order valence-corrected chi connectivity index (χ2v) is 7.72. The minimum atomic E-state index is -0.765. The van der Waals surface area contributed by atoms with Crippen molar-refractivity contribution >= 4 is 34.0 Å². The van der Waals surface area contributed by atoms with Gasteiger partial charge >= 0.3 is 0 Å². The summed E-state index contributed by atoms with van der Waals surface area (Å²) in [5.41, 5.74) is 3.80. The van der Waals surface area contributed by atoms with Crippen LogP contribution in [0.15, 0.2) is 84.8 Å². The molecule has 3 heterocycles. The number of carbonyl (C=O) groups is 2. The molecule has 0 spiro atoms. The zero-order valence-electron chi connectivity index (χ0n) is 17.4. The van der Waals surface area contributed by atoms with Crippen molar-refractivity contribution in [2.75, 3.05) is 4.90 Å². The van der Waals surface area contributed by atoms with E-state index < -0.39 is 17.7 Å². The SMILES string of the molecule is CCc1ccc(N2C(=O)C(=O)/C(=C(\O)c3c[nH]c4ccccc34)C2c2ccncc2)cc1. The van der Waals surface area contributed by atoms with Crippen molar-refractivity contribution < 1.29 is 14.7 Å². The smallest absolute Gasteiger partial charge is 0.300 e. The number of nitrogens with zero attached hydrogens (tertiary/aromatic N) is 2. The number of para-hydroxylation sites is 1. The van der Waals surface area contributed by atoms with Gasteiger partial charge in [0, 0.05) is 40.7 Å². The number of benzene rings is 2. The monoisotopic (exact) mass is 423 g/mol. The number of nitrogens with one attached hydrogen (secondary N) is 1. The van der Waals surface area contributed by atoms with E-state index in [1.54, 1.807) is 30.7 Å². The molecule has 1 aliphatic rings. The largest absolute Gasteiger partial charge is 0.507 e. The van der Waals surface area contributed by atoms with Crippen molar-refractivity contribution in [2.45, 2.75) is 19.4 Å². The highest BCUT2D eigenvalue weighted by Crippen LogP contribution is 2.42.